The van der Waals surface area contributed by atoms with Crippen molar-refractivity contribution in [2.24, 2.45) is 5.92 Å². The second-order valence-corrected chi connectivity index (χ2v) is 8.96. The van der Waals surface area contributed by atoms with Crippen LogP contribution >= 0.6 is 0 Å². The van der Waals surface area contributed by atoms with Crippen molar-refractivity contribution in [1.29, 1.82) is 0 Å². The molecule has 0 atom stereocenters. The van der Waals surface area contributed by atoms with Gasteiger partial charge in [0.25, 0.3) is 17.6 Å². The van der Waals surface area contributed by atoms with Crippen LogP contribution in [0.15, 0.2) is 59.1 Å². The van der Waals surface area contributed by atoms with Crippen molar-refractivity contribution in [3.8, 4) is 11.5 Å². The molecule has 0 saturated heterocycles. The third-order valence-electron chi connectivity index (χ3n) is 6.48. The highest BCUT2D eigenvalue weighted by Crippen LogP contribution is 2.37. The number of benzene rings is 2. The normalized spacial score (nSPS) is 17.2. The van der Waals surface area contributed by atoms with Gasteiger partial charge in [0.15, 0.2) is 0 Å². The zero-order valence-electron chi connectivity index (χ0n) is 20.2. The summed E-state index contributed by atoms with van der Waals surface area (Å²) in [7, 11) is 1.43. The lowest BCUT2D eigenvalue weighted by Crippen LogP contribution is -2.28. The molecule has 1 saturated carbocycles. The molecule has 0 unspecified atom stereocenters. The fraction of sp³-hybridized carbons (Fsp3) is 0.370. The predicted octanol–water partition coefficient (Wildman–Crippen LogP) is 4.33. The quantitative estimate of drug-likeness (QED) is 0.428. The monoisotopic (exact) mass is 490 g/mol. The van der Waals surface area contributed by atoms with Gasteiger partial charge in [0.2, 0.25) is 5.91 Å². The highest BCUT2D eigenvalue weighted by atomic mass is 16.5. The van der Waals surface area contributed by atoms with Gasteiger partial charge in [-0.3, -0.25) is 14.4 Å². The van der Waals surface area contributed by atoms with Crippen LogP contribution in [0.5, 0.6) is 0 Å². The van der Waals surface area contributed by atoms with E-state index >= 15 is 0 Å². The third-order valence-corrected chi connectivity index (χ3v) is 6.48. The zero-order chi connectivity index (χ0) is 25.3. The van der Waals surface area contributed by atoms with Crippen LogP contribution in [0.2, 0.25) is 0 Å². The van der Waals surface area contributed by atoms with Crippen molar-refractivity contribution in [3.05, 3.63) is 66.0 Å². The first-order valence-electron chi connectivity index (χ1n) is 12.2. The number of ether oxygens (including phenoxy) is 1. The Labute approximate surface area is 209 Å². The first-order chi connectivity index (χ1) is 17.5. The average Bonchev–Trinajstić information content (AvgIpc) is 3.41. The fourth-order valence-corrected chi connectivity index (χ4v) is 4.46. The van der Waals surface area contributed by atoms with Crippen molar-refractivity contribution in [2.45, 2.75) is 44.4 Å². The summed E-state index contributed by atoms with van der Waals surface area (Å²) in [6, 6.07) is 17.1. The van der Waals surface area contributed by atoms with E-state index < -0.39 is 5.91 Å². The number of nitrogens with zero attached hydrogens (tertiary/aromatic N) is 2. The van der Waals surface area contributed by atoms with Gasteiger partial charge in [-0.15, -0.1) is 0 Å². The molecule has 188 valence electrons. The summed E-state index contributed by atoms with van der Waals surface area (Å²) in [6.45, 7) is 0.146. The molecule has 1 aromatic heterocycles. The second kappa shape index (κ2) is 12.1. The Balaban J connectivity index is 1.18. The molecule has 3 aromatic rings. The summed E-state index contributed by atoms with van der Waals surface area (Å²) in [4.78, 5) is 40.1. The Kier molecular flexibility index (Phi) is 8.44. The first kappa shape index (κ1) is 25.1. The van der Waals surface area contributed by atoms with Crippen LogP contribution in [0.1, 0.15) is 60.6 Å². The van der Waals surface area contributed by atoms with Gasteiger partial charge in [-0.25, -0.2) is 0 Å². The molecule has 36 heavy (non-hydrogen) atoms. The molecule has 0 aliphatic heterocycles. The lowest BCUT2D eigenvalue weighted by atomic mass is 9.77. The largest absolute Gasteiger partial charge is 0.469 e. The van der Waals surface area contributed by atoms with Crippen LogP contribution in [0, 0.1) is 5.92 Å². The summed E-state index contributed by atoms with van der Waals surface area (Å²) < 4.78 is 9.92. The molecule has 1 aliphatic carbocycles. The van der Waals surface area contributed by atoms with E-state index in [9.17, 15) is 14.4 Å². The van der Waals surface area contributed by atoms with Crippen molar-refractivity contribution in [1.82, 2.24) is 15.5 Å². The molecule has 2 N–H and O–H groups in total. The molecule has 1 heterocycles. The fourth-order valence-electron chi connectivity index (χ4n) is 4.46. The first-order valence-corrected chi connectivity index (χ1v) is 12.2. The van der Waals surface area contributed by atoms with Crippen LogP contribution < -0.4 is 10.6 Å². The number of carbonyl (C=O) groups is 3. The van der Waals surface area contributed by atoms with E-state index in [2.05, 4.69) is 20.8 Å². The third kappa shape index (κ3) is 6.78. The maximum Gasteiger partial charge on any atom is 0.305 e. The van der Waals surface area contributed by atoms with E-state index in [0.717, 1.165) is 31.2 Å². The van der Waals surface area contributed by atoms with Crippen LogP contribution in [0.25, 0.3) is 11.5 Å². The molecule has 2 amide bonds. The number of esters is 1. The molecule has 9 nitrogen and oxygen atoms in total. The number of anilines is 1. The SMILES string of the molecule is COC(=O)C[C@H]1CC[C@H](c2ccc(NC(=O)CCNC(=O)c3noc(-c4ccccc4)n3)cc2)CC1. The van der Waals surface area contributed by atoms with Gasteiger partial charge in [0, 0.05) is 30.6 Å². The summed E-state index contributed by atoms with van der Waals surface area (Å²) in [5, 5.41) is 9.20. The number of nitrogens with one attached hydrogen (secondary N) is 2. The van der Waals surface area contributed by atoms with Crippen molar-refractivity contribution in [2.75, 3.05) is 19.0 Å². The van der Waals surface area contributed by atoms with Gasteiger partial charge in [-0.05, 0) is 67.3 Å². The summed E-state index contributed by atoms with van der Waals surface area (Å²) in [5.41, 5.74) is 2.67. The molecular formula is C27H30N4O5. The summed E-state index contributed by atoms with van der Waals surface area (Å²) in [6.07, 6.45) is 4.73. The van der Waals surface area contributed by atoms with Crippen LogP contribution in [-0.4, -0.2) is 41.6 Å². The van der Waals surface area contributed by atoms with Gasteiger partial charge in [0.1, 0.15) is 0 Å². The Bertz CT molecular complexity index is 1170. The molecule has 9 heteroatoms. The molecule has 4 rings (SSSR count). The Morgan fingerprint density at radius 1 is 1.00 bits per heavy atom. The van der Waals surface area contributed by atoms with Gasteiger partial charge in [-0.2, -0.15) is 4.98 Å². The maximum atomic E-state index is 12.3. The molecule has 0 radical (unpaired) electrons. The molecule has 1 fully saturated rings. The van der Waals surface area contributed by atoms with Crippen LogP contribution in [0.3, 0.4) is 0 Å². The van der Waals surface area contributed by atoms with E-state index in [1.807, 2.05) is 54.6 Å². The minimum Gasteiger partial charge on any atom is -0.469 e. The number of hydrogen-bond acceptors (Lipinski definition) is 7. The zero-order valence-corrected chi connectivity index (χ0v) is 20.2. The number of aromatic nitrogens is 2. The summed E-state index contributed by atoms with van der Waals surface area (Å²) >= 11 is 0. The van der Waals surface area contributed by atoms with E-state index in [4.69, 9.17) is 9.26 Å². The average molecular weight is 491 g/mol. The predicted molar refractivity (Wildman–Crippen MR) is 133 cm³/mol. The van der Waals surface area contributed by atoms with E-state index in [0.29, 0.717) is 23.9 Å². The highest BCUT2D eigenvalue weighted by Gasteiger charge is 2.24. The molecular weight excluding hydrogens is 460 g/mol. The van der Waals surface area contributed by atoms with Gasteiger partial charge in [-0.1, -0.05) is 35.5 Å². The van der Waals surface area contributed by atoms with Gasteiger partial charge in [0.05, 0.1) is 7.11 Å². The van der Waals surface area contributed by atoms with Crippen LogP contribution in [-0.2, 0) is 14.3 Å². The standard InChI is InChI=1S/C27H30N4O5/c1-35-24(33)17-18-7-9-19(10-8-18)20-11-13-22(14-12-20)29-23(32)15-16-28-26(34)25-30-27(36-31-25)21-5-3-2-4-6-21/h2-6,11-14,18-19H,7-10,15-17H2,1H3,(H,28,34)(H,29,32)/t18-,19-. The lowest BCUT2D eigenvalue weighted by Gasteiger charge is -2.28. The van der Waals surface area contributed by atoms with E-state index in [1.54, 1.807) is 0 Å². The highest BCUT2D eigenvalue weighted by molar-refractivity contribution is 5.93. The Hall–Kier alpha value is -4.01. The number of rotatable bonds is 9. The number of carbonyl (C=O) groups excluding carboxylic acids is 3. The topological polar surface area (TPSA) is 123 Å². The molecule has 1 aliphatic rings. The van der Waals surface area contributed by atoms with Crippen molar-refractivity contribution >= 4 is 23.5 Å². The Morgan fingerprint density at radius 3 is 2.42 bits per heavy atom. The minimum atomic E-state index is -0.501. The molecule has 2 aromatic carbocycles. The number of methoxy groups -OCH3 is 1. The smallest absolute Gasteiger partial charge is 0.305 e. The van der Waals surface area contributed by atoms with Crippen molar-refractivity contribution in [3.63, 3.8) is 0 Å². The van der Waals surface area contributed by atoms with Crippen molar-refractivity contribution < 1.29 is 23.6 Å². The van der Waals surface area contributed by atoms with Crippen LogP contribution in [0.4, 0.5) is 5.69 Å². The lowest BCUT2D eigenvalue weighted by molar-refractivity contribution is -0.142. The van der Waals surface area contributed by atoms with Gasteiger partial charge >= 0.3 is 5.97 Å². The maximum absolute atomic E-state index is 12.3. The summed E-state index contributed by atoms with van der Waals surface area (Å²) in [5.74, 6) is 0.208. The minimum absolute atomic E-state index is 0.0795. The second-order valence-electron chi connectivity index (χ2n) is 8.96. The molecule has 0 spiro atoms. The number of amides is 2. The van der Waals surface area contributed by atoms with E-state index in [1.165, 1.54) is 12.7 Å². The molecule has 0 bridgehead atoms. The van der Waals surface area contributed by atoms with Gasteiger partial charge < -0.3 is 19.9 Å². The number of hydrogen-bond donors (Lipinski definition) is 2. The Morgan fingerprint density at radius 2 is 1.72 bits per heavy atom. The van der Waals surface area contributed by atoms with E-state index in [-0.39, 0.29) is 36.6 Å².